The molecule has 8 nitrogen and oxygen atoms in total. The number of carbonyl (C=O) groups excluding carboxylic acids is 2. The number of carbonyl (C=O) groups is 2. The van der Waals surface area contributed by atoms with Gasteiger partial charge in [-0.3, -0.25) is 9.59 Å². The van der Waals surface area contributed by atoms with Crippen LogP contribution in [0.3, 0.4) is 0 Å². The number of nitrogens with zero attached hydrogens (tertiary/aromatic N) is 3. The summed E-state index contributed by atoms with van der Waals surface area (Å²) in [4.78, 5) is 30.1. The number of nitrogens with one attached hydrogen (secondary N) is 2. The van der Waals surface area contributed by atoms with Crippen molar-refractivity contribution in [3.05, 3.63) is 35.0 Å². The van der Waals surface area contributed by atoms with E-state index in [4.69, 9.17) is 4.74 Å². The second-order valence-corrected chi connectivity index (χ2v) is 8.52. The van der Waals surface area contributed by atoms with Gasteiger partial charge in [0.25, 0.3) is 0 Å². The highest BCUT2D eigenvalue weighted by atomic mass is 32.1. The van der Waals surface area contributed by atoms with Gasteiger partial charge < -0.3 is 19.9 Å². The van der Waals surface area contributed by atoms with Crippen LogP contribution in [0.2, 0.25) is 0 Å². The molecule has 4 rings (SSSR count). The third-order valence-corrected chi connectivity index (χ3v) is 6.27. The van der Waals surface area contributed by atoms with E-state index in [9.17, 15) is 9.59 Å². The molecule has 3 aromatic rings. The van der Waals surface area contributed by atoms with Gasteiger partial charge in [-0.05, 0) is 36.6 Å². The van der Waals surface area contributed by atoms with Crippen LogP contribution < -0.4 is 10.1 Å². The number of rotatable bonds is 8. The third-order valence-electron chi connectivity index (χ3n) is 5.37. The van der Waals surface area contributed by atoms with E-state index in [1.807, 2.05) is 24.4 Å². The number of hydrogen-bond acceptors (Lipinski definition) is 6. The van der Waals surface area contributed by atoms with E-state index in [1.54, 1.807) is 12.0 Å². The number of amides is 2. The number of benzene rings is 1. The zero-order valence-electron chi connectivity index (χ0n) is 17.1. The lowest BCUT2D eigenvalue weighted by molar-refractivity contribution is -0.128. The SMILES string of the molecule is CCCc1nnc(NC(=O)[C@H]2CC(=O)N(CCc3c[nH]c4ccc(OC)cc34)C2)s1. The molecular formula is C21H25N5O3S. The van der Waals surface area contributed by atoms with Crippen molar-refractivity contribution in [1.82, 2.24) is 20.1 Å². The fourth-order valence-corrected chi connectivity index (χ4v) is 4.58. The number of hydrogen-bond donors (Lipinski definition) is 2. The first kappa shape index (κ1) is 20.3. The summed E-state index contributed by atoms with van der Waals surface area (Å²) in [5.41, 5.74) is 2.16. The Morgan fingerprint density at radius 2 is 2.23 bits per heavy atom. The molecule has 2 amide bonds. The number of aromatic nitrogens is 3. The summed E-state index contributed by atoms with van der Waals surface area (Å²) in [6.45, 7) is 3.08. The van der Waals surface area contributed by atoms with Crippen molar-refractivity contribution < 1.29 is 14.3 Å². The fourth-order valence-electron chi connectivity index (χ4n) is 3.74. The van der Waals surface area contributed by atoms with Crippen LogP contribution >= 0.6 is 11.3 Å². The quantitative estimate of drug-likeness (QED) is 0.576. The molecule has 0 bridgehead atoms. The van der Waals surface area contributed by atoms with E-state index in [-0.39, 0.29) is 24.2 Å². The molecule has 30 heavy (non-hydrogen) atoms. The second kappa shape index (κ2) is 8.83. The minimum Gasteiger partial charge on any atom is -0.497 e. The molecule has 1 atom stereocenters. The Morgan fingerprint density at radius 1 is 1.37 bits per heavy atom. The molecule has 0 saturated carbocycles. The van der Waals surface area contributed by atoms with Crippen LogP contribution in [-0.2, 0) is 22.4 Å². The molecule has 0 spiro atoms. The van der Waals surface area contributed by atoms with Gasteiger partial charge in [0.05, 0.1) is 13.0 Å². The molecular weight excluding hydrogens is 402 g/mol. The maximum atomic E-state index is 12.6. The molecule has 1 aromatic carbocycles. The Hall–Kier alpha value is -2.94. The van der Waals surface area contributed by atoms with Crippen molar-refractivity contribution in [2.75, 3.05) is 25.5 Å². The molecule has 158 valence electrons. The summed E-state index contributed by atoms with van der Waals surface area (Å²) in [7, 11) is 1.65. The zero-order valence-corrected chi connectivity index (χ0v) is 17.9. The Bertz CT molecular complexity index is 1060. The minimum atomic E-state index is -0.362. The van der Waals surface area contributed by atoms with E-state index < -0.39 is 0 Å². The fraction of sp³-hybridized carbons (Fsp3) is 0.429. The number of likely N-dealkylation sites (tertiary alicyclic amines) is 1. The summed E-state index contributed by atoms with van der Waals surface area (Å²) in [6, 6.07) is 5.90. The van der Waals surface area contributed by atoms with E-state index in [0.29, 0.717) is 24.6 Å². The average molecular weight is 428 g/mol. The zero-order chi connectivity index (χ0) is 21.1. The first-order valence-electron chi connectivity index (χ1n) is 10.1. The smallest absolute Gasteiger partial charge is 0.231 e. The Labute approximate surface area is 178 Å². The molecule has 1 saturated heterocycles. The molecule has 1 aliphatic rings. The van der Waals surface area contributed by atoms with Crippen LogP contribution in [0.15, 0.2) is 24.4 Å². The maximum Gasteiger partial charge on any atom is 0.231 e. The second-order valence-electron chi connectivity index (χ2n) is 7.46. The molecule has 0 radical (unpaired) electrons. The number of aromatic amines is 1. The van der Waals surface area contributed by atoms with Gasteiger partial charge in [0.15, 0.2) is 0 Å². The predicted octanol–water partition coefficient (Wildman–Crippen LogP) is 3.01. The first-order chi connectivity index (χ1) is 14.6. The first-order valence-corrected chi connectivity index (χ1v) is 10.9. The van der Waals surface area contributed by atoms with Crippen LogP contribution in [0.4, 0.5) is 5.13 Å². The predicted molar refractivity (Wildman–Crippen MR) is 116 cm³/mol. The summed E-state index contributed by atoms with van der Waals surface area (Å²) < 4.78 is 5.31. The highest BCUT2D eigenvalue weighted by molar-refractivity contribution is 7.15. The summed E-state index contributed by atoms with van der Waals surface area (Å²) in [5, 5.41) is 13.4. The lowest BCUT2D eigenvalue weighted by atomic mass is 10.1. The lowest BCUT2D eigenvalue weighted by Crippen LogP contribution is -2.30. The Balaban J connectivity index is 1.35. The van der Waals surface area contributed by atoms with Crippen molar-refractivity contribution in [2.24, 2.45) is 5.92 Å². The summed E-state index contributed by atoms with van der Waals surface area (Å²) in [5.74, 6) is 0.286. The van der Waals surface area contributed by atoms with Crippen molar-refractivity contribution in [2.45, 2.75) is 32.6 Å². The monoisotopic (exact) mass is 427 g/mol. The van der Waals surface area contributed by atoms with Crippen LogP contribution in [0.5, 0.6) is 5.75 Å². The van der Waals surface area contributed by atoms with Crippen molar-refractivity contribution >= 4 is 39.2 Å². The summed E-state index contributed by atoms with van der Waals surface area (Å²) in [6.07, 6.45) is 4.75. The van der Waals surface area contributed by atoms with Crippen LogP contribution in [0.1, 0.15) is 30.3 Å². The molecule has 2 aromatic heterocycles. The number of fused-ring (bicyclic) bond motifs is 1. The van der Waals surface area contributed by atoms with Gasteiger partial charge in [-0.1, -0.05) is 18.3 Å². The number of methoxy groups -OCH3 is 1. The number of ether oxygens (including phenoxy) is 1. The Kier molecular flexibility index (Phi) is 5.98. The Morgan fingerprint density at radius 3 is 3.03 bits per heavy atom. The molecule has 0 aliphatic carbocycles. The van der Waals surface area contributed by atoms with Gasteiger partial charge in [-0.15, -0.1) is 10.2 Å². The molecule has 0 unspecified atom stereocenters. The van der Waals surface area contributed by atoms with Gasteiger partial charge in [-0.2, -0.15) is 0 Å². The molecule has 1 aliphatic heterocycles. The highest BCUT2D eigenvalue weighted by Gasteiger charge is 2.34. The third kappa shape index (κ3) is 4.30. The van der Waals surface area contributed by atoms with Gasteiger partial charge in [0.2, 0.25) is 16.9 Å². The lowest BCUT2D eigenvalue weighted by Gasteiger charge is -2.16. The number of H-pyrrole nitrogens is 1. The maximum absolute atomic E-state index is 12.6. The average Bonchev–Trinajstić information content (AvgIpc) is 3.45. The van der Waals surface area contributed by atoms with E-state index in [0.717, 1.165) is 40.1 Å². The standard InChI is InChI=1S/C21H25N5O3S/c1-3-4-18-24-25-21(30-18)23-20(28)14-9-19(27)26(12-14)8-7-13-11-22-17-6-5-15(29-2)10-16(13)17/h5-6,10-11,14,22H,3-4,7-9,12H2,1-2H3,(H,23,25,28)/t14-/m0/s1. The molecule has 3 heterocycles. The van der Waals surface area contributed by atoms with Gasteiger partial charge in [0.1, 0.15) is 10.8 Å². The minimum absolute atomic E-state index is 0.0107. The van der Waals surface area contributed by atoms with Gasteiger partial charge in [-0.25, -0.2) is 0 Å². The summed E-state index contributed by atoms with van der Waals surface area (Å²) >= 11 is 1.39. The number of aryl methyl sites for hydroxylation is 1. The van der Waals surface area contributed by atoms with Crippen LogP contribution in [0, 0.1) is 5.92 Å². The molecule has 9 heteroatoms. The van der Waals surface area contributed by atoms with Gasteiger partial charge in [0, 0.05) is 43.0 Å². The van der Waals surface area contributed by atoms with Crippen molar-refractivity contribution in [3.8, 4) is 5.75 Å². The largest absolute Gasteiger partial charge is 0.497 e. The van der Waals surface area contributed by atoms with E-state index in [1.165, 1.54) is 11.3 Å². The van der Waals surface area contributed by atoms with Crippen LogP contribution in [0.25, 0.3) is 10.9 Å². The van der Waals surface area contributed by atoms with Crippen molar-refractivity contribution in [3.63, 3.8) is 0 Å². The highest BCUT2D eigenvalue weighted by Crippen LogP contribution is 2.26. The van der Waals surface area contributed by atoms with E-state index in [2.05, 4.69) is 27.4 Å². The molecule has 1 fully saturated rings. The van der Waals surface area contributed by atoms with Crippen molar-refractivity contribution in [1.29, 1.82) is 0 Å². The number of anilines is 1. The topological polar surface area (TPSA) is 100 Å². The molecule has 2 N–H and O–H groups in total. The van der Waals surface area contributed by atoms with Gasteiger partial charge >= 0.3 is 0 Å². The normalized spacial score (nSPS) is 16.4. The van der Waals surface area contributed by atoms with Crippen LogP contribution in [-0.4, -0.2) is 52.1 Å². The van der Waals surface area contributed by atoms with E-state index >= 15 is 0 Å².